The van der Waals surface area contributed by atoms with Gasteiger partial charge in [-0.3, -0.25) is 9.59 Å². The van der Waals surface area contributed by atoms with E-state index in [1.165, 1.54) is 0 Å². The molecular weight excluding hydrogens is 257 g/mol. The number of esters is 1. The fourth-order valence-corrected chi connectivity index (χ4v) is 1.58. The average Bonchev–Trinajstić information content (AvgIpc) is 2.21. The molecule has 0 fully saturated rings. The molecule has 0 atom stereocenters. The lowest BCUT2D eigenvalue weighted by molar-refractivity contribution is -0.144. The predicted octanol–water partition coefficient (Wildman–Crippen LogP) is 2.93. The second kappa shape index (κ2) is 8.38. The highest BCUT2D eigenvalue weighted by atomic mass is 32.2. The molecule has 0 aromatic heterocycles. The lowest BCUT2D eigenvalue weighted by Crippen LogP contribution is -2.08. The fourth-order valence-electron chi connectivity index (χ4n) is 1.06. The Morgan fingerprint density at radius 2 is 1.82 bits per heavy atom. The van der Waals surface area contributed by atoms with Gasteiger partial charge in [-0.25, -0.2) is 0 Å². The van der Waals surface area contributed by atoms with E-state index in [1.807, 2.05) is 0 Å². The predicted molar refractivity (Wildman–Crippen MR) is 58.6 cm³/mol. The number of halogens is 3. The van der Waals surface area contributed by atoms with Crippen LogP contribution in [0.1, 0.15) is 32.6 Å². The van der Waals surface area contributed by atoms with E-state index in [2.05, 4.69) is 4.74 Å². The Kier molecular flexibility index (Phi) is 8.03. The summed E-state index contributed by atoms with van der Waals surface area (Å²) in [6.07, 6.45) is 0.281. The molecule has 0 rings (SSSR count). The second-order valence-corrected chi connectivity index (χ2v) is 4.40. The highest BCUT2D eigenvalue weighted by Gasteiger charge is 2.27. The van der Waals surface area contributed by atoms with Gasteiger partial charge in [0.05, 0.1) is 13.0 Å². The first-order valence-corrected chi connectivity index (χ1v) is 6.21. The maximum absolute atomic E-state index is 11.7. The number of rotatable bonds is 8. The molecule has 0 saturated carbocycles. The minimum absolute atomic E-state index is 0.000906. The van der Waals surface area contributed by atoms with Crippen molar-refractivity contribution in [1.29, 1.82) is 0 Å². The number of Topliss-reactive ketones (excluding diaryl/α,β-unsaturated/α-hetero) is 1. The summed E-state index contributed by atoms with van der Waals surface area (Å²) >= 11 is -0.136. The maximum Gasteiger partial charge on any atom is 0.441 e. The molecule has 0 radical (unpaired) electrons. The summed E-state index contributed by atoms with van der Waals surface area (Å²) in [6.45, 7) is 1.92. The van der Waals surface area contributed by atoms with Crippen molar-refractivity contribution in [2.24, 2.45) is 0 Å². The second-order valence-electron chi connectivity index (χ2n) is 3.24. The minimum Gasteiger partial charge on any atom is -0.466 e. The molecule has 0 spiro atoms. The van der Waals surface area contributed by atoms with E-state index in [4.69, 9.17) is 0 Å². The van der Waals surface area contributed by atoms with Crippen molar-refractivity contribution < 1.29 is 27.5 Å². The molecule has 0 saturated heterocycles. The van der Waals surface area contributed by atoms with Crippen molar-refractivity contribution in [2.45, 2.75) is 38.1 Å². The quantitative estimate of drug-likeness (QED) is 0.503. The first-order valence-electron chi connectivity index (χ1n) is 5.23. The number of hydrogen-bond donors (Lipinski definition) is 0. The first kappa shape index (κ1) is 16.3. The van der Waals surface area contributed by atoms with Crippen LogP contribution < -0.4 is 0 Å². The first-order chi connectivity index (χ1) is 7.85. The van der Waals surface area contributed by atoms with Gasteiger partial charge in [0.15, 0.2) is 0 Å². The van der Waals surface area contributed by atoms with Crippen molar-refractivity contribution in [3.63, 3.8) is 0 Å². The molecular formula is C10H15F3O3S. The van der Waals surface area contributed by atoms with Gasteiger partial charge in [-0.1, -0.05) is 11.8 Å². The van der Waals surface area contributed by atoms with Crippen molar-refractivity contribution in [3.05, 3.63) is 0 Å². The molecule has 0 N–H and O–H groups in total. The van der Waals surface area contributed by atoms with E-state index in [0.29, 0.717) is 0 Å². The van der Waals surface area contributed by atoms with Crippen LogP contribution in [-0.4, -0.2) is 29.6 Å². The van der Waals surface area contributed by atoms with Gasteiger partial charge >= 0.3 is 11.5 Å². The molecule has 0 aliphatic carbocycles. The third-order valence-corrected chi connectivity index (χ3v) is 2.60. The number of carbonyl (C=O) groups excluding carboxylic acids is 2. The molecule has 0 bridgehead atoms. The molecule has 17 heavy (non-hydrogen) atoms. The van der Waals surface area contributed by atoms with Crippen LogP contribution in [0, 0.1) is 0 Å². The van der Waals surface area contributed by atoms with Crippen LogP contribution in [0.25, 0.3) is 0 Å². The molecule has 0 heterocycles. The van der Waals surface area contributed by atoms with Crippen LogP contribution in [0.4, 0.5) is 13.2 Å². The lowest BCUT2D eigenvalue weighted by atomic mass is 10.1. The number of thioether (sulfide) groups is 1. The smallest absolute Gasteiger partial charge is 0.441 e. The Morgan fingerprint density at radius 1 is 1.18 bits per heavy atom. The number of hydrogen-bond acceptors (Lipinski definition) is 4. The number of ether oxygens (including phenoxy) is 1. The fraction of sp³-hybridized carbons (Fsp3) is 0.800. The Labute approximate surface area is 102 Å². The van der Waals surface area contributed by atoms with E-state index >= 15 is 0 Å². The van der Waals surface area contributed by atoms with Crippen LogP contribution in [0.3, 0.4) is 0 Å². The zero-order chi connectivity index (χ0) is 13.3. The molecule has 0 aromatic carbocycles. The number of carbonyl (C=O) groups is 2. The topological polar surface area (TPSA) is 43.4 Å². The SMILES string of the molecule is CCOC(=O)CCC(=O)CCCSC(F)(F)F. The van der Waals surface area contributed by atoms with E-state index in [9.17, 15) is 22.8 Å². The Bertz CT molecular complexity index is 254. The molecule has 0 aliphatic heterocycles. The van der Waals surface area contributed by atoms with E-state index < -0.39 is 11.5 Å². The zero-order valence-electron chi connectivity index (χ0n) is 9.51. The van der Waals surface area contributed by atoms with E-state index in [-0.39, 0.29) is 55.6 Å². The molecule has 7 heteroatoms. The van der Waals surface area contributed by atoms with E-state index in [0.717, 1.165) is 0 Å². The Morgan fingerprint density at radius 3 is 2.35 bits per heavy atom. The van der Waals surface area contributed by atoms with Crippen molar-refractivity contribution in [3.8, 4) is 0 Å². The van der Waals surface area contributed by atoms with Crippen LogP contribution in [0.15, 0.2) is 0 Å². The average molecular weight is 272 g/mol. The Hall–Kier alpha value is -0.720. The van der Waals surface area contributed by atoms with Crippen LogP contribution in [0.2, 0.25) is 0 Å². The van der Waals surface area contributed by atoms with Crippen LogP contribution >= 0.6 is 11.8 Å². The number of ketones is 1. The van der Waals surface area contributed by atoms with Gasteiger partial charge in [-0.2, -0.15) is 13.2 Å². The monoisotopic (exact) mass is 272 g/mol. The van der Waals surface area contributed by atoms with Gasteiger partial charge in [0.2, 0.25) is 0 Å². The van der Waals surface area contributed by atoms with Gasteiger partial charge in [0.1, 0.15) is 5.78 Å². The van der Waals surface area contributed by atoms with Gasteiger partial charge in [-0.05, 0) is 13.3 Å². The standard InChI is InChI=1S/C10H15F3O3S/c1-2-16-9(15)6-5-8(14)4-3-7-17-10(11,12)13/h2-7H2,1H3. The largest absolute Gasteiger partial charge is 0.466 e. The summed E-state index contributed by atoms with van der Waals surface area (Å²) in [5.74, 6) is -0.791. The molecule has 0 aliphatic rings. The van der Waals surface area contributed by atoms with Gasteiger partial charge in [0, 0.05) is 18.6 Å². The highest BCUT2D eigenvalue weighted by molar-refractivity contribution is 8.00. The summed E-state index contributed by atoms with van der Waals surface area (Å²) < 4.78 is 39.8. The van der Waals surface area contributed by atoms with Crippen LogP contribution in [0.5, 0.6) is 0 Å². The minimum atomic E-state index is -4.24. The number of alkyl halides is 3. The summed E-state index contributed by atoms with van der Waals surface area (Å²) in [6, 6.07) is 0. The highest BCUT2D eigenvalue weighted by Crippen LogP contribution is 2.30. The lowest BCUT2D eigenvalue weighted by Gasteiger charge is -2.04. The molecule has 0 unspecified atom stereocenters. The van der Waals surface area contributed by atoms with Crippen molar-refractivity contribution >= 4 is 23.5 Å². The third kappa shape index (κ3) is 11.5. The molecule has 3 nitrogen and oxygen atoms in total. The van der Waals surface area contributed by atoms with Gasteiger partial charge in [-0.15, -0.1) is 0 Å². The summed E-state index contributed by atoms with van der Waals surface area (Å²) in [5, 5.41) is 0. The molecule has 0 aromatic rings. The summed E-state index contributed by atoms with van der Waals surface area (Å²) in [7, 11) is 0. The van der Waals surface area contributed by atoms with Gasteiger partial charge < -0.3 is 4.74 Å². The Balaban J connectivity index is 3.50. The summed E-state index contributed by atoms with van der Waals surface area (Å²) in [4.78, 5) is 22.1. The molecule has 100 valence electrons. The van der Waals surface area contributed by atoms with Crippen LogP contribution in [-0.2, 0) is 14.3 Å². The van der Waals surface area contributed by atoms with Crippen molar-refractivity contribution in [1.82, 2.24) is 0 Å². The van der Waals surface area contributed by atoms with E-state index in [1.54, 1.807) is 6.92 Å². The van der Waals surface area contributed by atoms with Crippen molar-refractivity contribution in [2.75, 3.05) is 12.4 Å². The normalized spacial score (nSPS) is 11.3. The van der Waals surface area contributed by atoms with Gasteiger partial charge in [0.25, 0.3) is 0 Å². The third-order valence-electron chi connectivity index (χ3n) is 1.78. The zero-order valence-corrected chi connectivity index (χ0v) is 10.3. The maximum atomic E-state index is 11.7. The molecule has 0 amide bonds. The summed E-state index contributed by atoms with van der Waals surface area (Å²) in [5.41, 5.74) is -4.24.